The average molecular weight is 226 g/mol. The standard InChI is InChI=1S/C11H18N2OS/c1-5-12-11(14)13-8(3)10-6-7(2)15-9(10)4/h6,8H,5H2,1-4H3,(H2,12,13,14). The van der Waals surface area contributed by atoms with Gasteiger partial charge in [0.25, 0.3) is 0 Å². The molecule has 1 unspecified atom stereocenters. The molecular formula is C11H18N2OS. The first kappa shape index (κ1) is 12.0. The summed E-state index contributed by atoms with van der Waals surface area (Å²) < 4.78 is 0. The zero-order valence-electron chi connectivity index (χ0n) is 9.68. The fourth-order valence-corrected chi connectivity index (χ4v) is 2.59. The lowest BCUT2D eigenvalue weighted by molar-refractivity contribution is 0.238. The van der Waals surface area contributed by atoms with Crippen LogP contribution >= 0.6 is 11.3 Å². The maximum atomic E-state index is 11.3. The highest BCUT2D eigenvalue weighted by molar-refractivity contribution is 7.12. The maximum absolute atomic E-state index is 11.3. The predicted octanol–water partition coefficient (Wildman–Crippen LogP) is 2.75. The van der Waals surface area contributed by atoms with E-state index in [9.17, 15) is 4.79 Å². The number of thiophene rings is 1. The maximum Gasteiger partial charge on any atom is 0.315 e. The molecule has 0 bridgehead atoms. The van der Waals surface area contributed by atoms with Crippen LogP contribution in [0, 0.1) is 13.8 Å². The molecule has 0 fully saturated rings. The summed E-state index contributed by atoms with van der Waals surface area (Å²) in [5.74, 6) is 0. The zero-order chi connectivity index (χ0) is 11.4. The number of nitrogens with one attached hydrogen (secondary N) is 2. The minimum absolute atomic E-state index is 0.0708. The van der Waals surface area contributed by atoms with Crippen LogP contribution in [0.5, 0.6) is 0 Å². The molecule has 4 heteroatoms. The van der Waals surface area contributed by atoms with Crippen molar-refractivity contribution in [2.24, 2.45) is 0 Å². The van der Waals surface area contributed by atoms with Crippen LogP contribution in [0.3, 0.4) is 0 Å². The van der Waals surface area contributed by atoms with Gasteiger partial charge in [-0.05, 0) is 39.3 Å². The molecule has 2 N–H and O–H groups in total. The Balaban J connectivity index is 2.64. The van der Waals surface area contributed by atoms with Crippen molar-refractivity contribution in [3.8, 4) is 0 Å². The Morgan fingerprint density at radius 3 is 2.67 bits per heavy atom. The van der Waals surface area contributed by atoms with Crippen molar-refractivity contribution in [3.05, 3.63) is 21.4 Å². The molecule has 2 amide bonds. The number of amides is 2. The Bertz CT molecular complexity index is 346. The van der Waals surface area contributed by atoms with Crippen LogP contribution in [0.15, 0.2) is 6.07 Å². The minimum Gasteiger partial charge on any atom is -0.338 e. The van der Waals surface area contributed by atoms with E-state index in [0.29, 0.717) is 6.54 Å². The fourth-order valence-electron chi connectivity index (χ4n) is 1.57. The number of urea groups is 1. The summed E-state index contributed by atoms with van der Waals surface area (Å²) in [6.45, 7) is 8.73. The third kappa shape index (κ3) is 3.23. The third-order valence-electron chi connectivity index (χ3n) is 2.23. The molecule has 1 heterocycles. The quantitative estimate of drug-likeness (QED) is 0.817. The molecular weight excluding hydrogens is 208 g/mol. The largest absolute Gasteiger partial charge is 0.338 e. The molecule has 1 aromatic heterocycles. The summed E-state index contributed by atoms with van der Waals surface area (Å²) in [6.07, 6.45) is 0. The lowest BCUT2D eigenvalue weighted by Crippen LogP contribution is -2.36. The number of carbonyl (C=O) groups excluding carboxylic acids is 1. The second-order valence-corrected chi connectivity index (χ2v) is 5.05. The minimum atomic E-state index is -0.103. The van der Waals surface area contributed by atoms with E-state index in [-0.39, 0.29) is 12.1 Å². The van der Waals surface area contributed by atoms with E-state index >= 15 is 0 Å². The van der Waals surface area contributed by atoms with Crippen molar-refractivity contribution < 1.29 is 4.79 Å². The second kappa shape index (κ2) is 5.16. The van der Waals surface area contributed by atoms with Crippen molar-refractivity contribution in [3.63, 3.8) is 0 Å². The van der Waals surface area contributed by atoms with Gasteiger partial charge in [-0.1, -0.05) is 0 Å². The van der Waals surface area contributed by atoms with E-state index in [1.165, 1.54) is 15.3 Å². The highest BCUT2D eigenvalue weighted by Crippen LogP contribution is 2.25. The molecule has 15 heavy (non-hydrogen) atoms. The van der Waals surface area contributed by atoms with E-state index in [1.54, 1.807) is 11.3 Å². The van der Waals surface area contributed by atoms with Gasteiger partial charge in [0.2, 0.25) is 0 Å². The molecule has 0 radical (unpaired) electrons. The van der Waals surface area contributed by atoms with Crippen LogP contribution in [0.4, 0.5) is 4.79 Å². The molecule has 0 aliphatic carbocycles. The van der Waals surface area contributed by atoms with E-state index in [4.69, 9.17) is 0 Å². The molecule has 0 saturated heterocycles. The van der Waals surface area contributed by atoms with Gasteiger partial charge in [0.05, 0.1) is 6.04 Å². The molecule has 0 saturated carbocycles. The first-order valence-corrected chi connectivity index (χ1v) is 5.97. The van der Waals surface area contributed by atoms with Gasteiger partial charge in [-0.25, -0.2) is 4.79 Å². The topological polar surface area (TPSA) is 41.1 Å². The predicted molar refractivity (Wildman–Crippen MR) is 64.4 cm³/mol. The number of rotatable bonds is 3. The summed E-state index contributed by atoms with van der Waals surface area (Å²) in [5.41, 5.74) is 1.21. The van der Waals surface area contributed by atoms with Gasteiger partial charge in [-0.15, -0.1) is 11.3 Å². The van der Waals surface area contributed by atoms with Crippen molar-refractivity contribution in [2.45, 2.75) is 33.7 Å². The molecule has 1 aromatic rings. The van der Waals surface area contributed by atoms with Crippen molar-refractivity contribution in [1.82, 2.24) is 10.6 Å². The molecule has 0 aliphatic rings. The number of carbonyl (C=O) groups is 1. The van der Waals surface area contributed by atoms with Crippen molar-refractivity contribution >= 4 is 17.4 Å². The van der Waals surface area contributed by atoms with E-state index in [1.807, 2.05) is 13.8 Å². The summed E-state index contributed by atoms with van der Waals surface area (Å²) in [5, 5.41) is 5.63. The second-order valence-electron chi connectivity index (χ2n) is 3.59. The summed E-state index contributed by atoms with van der Waals surface area (Å²) in [6, 6.07) is 2.10. The average Bonchev–Trinajstić information content (AvgIpc) is 2.45. The summed E-state index contributed by atoms with van der Waals surface area (Å²) in [7, 11) is 0. The molecule has 0 spiro atoms. The number of aryl methyl sites for hydroxylation is 2. The molecule has 1 rings (SSSR count). The van der Waals surface area contributed by atoms with E-state index in [2.05, 4.69) is 30.5 Å². The van der Waals surface area contributed by atoms with Gasteiger partial charge in [0.15, 0.2) is 0 Å². The molecule has 0 aliphatic heterocycles. The number of hydrogen-bond donors (Lipinski definition) is 2. The first-order chi connectivity index (χ1) is 7.04. The lowest BCUT2D eigenvalue weighted by Gasteiger charge is -2.13. The van der Waals surface area contributed by atoms with E-state index in [0.717, 1.165) is 0 Å². The smallest absolute Gasteiger partial charge is 0.315 e. The Hall–Kier alpha value is -1.03. The van der Waals surface area contributed by atoms with Crippen LogP contribution in [0.1, 0.15) is 35.2 Å². The van der Waals surface area contributed by atoms with Gasteiger partial charge in [-0.3, -0.25) is 0 Å². The van der Waals surface area contributed by atoms with Crippen LogP contribution in [-0.2, 0) is 0 Å². The SMILES string of the molecule is CCNC(=O)NC(C)c1cc(C)sc1C. The van der Waals surface area contributed by atoms with Crippen LogP contribution in [0.2, 0.25) is 0 Å². The van der Waals surface area contributed by atoms with E-state index < -0.39 is 0 Å². The fraction of sp³-hybridized carbons (Fsp3) is 0.545. The normalized spacial score (nSPS) is 12.3. The molecule has 3 nitrogen and oxygen atoms in total. The monoisotopic (exact) mass is 226 g/mol. The van der Waals surface area contributed by atoms with Gasteiger partial charge in [0, 0.05) is 16.3 Å². The Kier molecular flexibility index (Phi) is 4.15. The van der Waals surface area contributed by atoms with Crippen LogP contribution in [0.25, 0.3) is 0 Å². The summed E-state index contributed by atoms with van der Waals surface area (Å²) in [4.78, 5) is 13.9. The number of hydrogen-bond acceptors (Lipinski definition) is 2. The third-order valence-corrected chi connectivity index (χ3v) is 3.21. The van der Waals surface area contributed by atoms with Crippen LogP contribution < -0.4 is 10.6 Å². The highest BCUT2D eigenvalue weighted by atomic mass is 32.1. The van der Waals surface area contributed by atoms with Gasteiger partial charge < -0.3 is 10.6 Å². The molecule has 1 atom stereocenters. The van der Waals surface area contributed by atoms with Crippen molar-refractivity contribution in [1.29, 1.82) is 0 Å². The highest BCUT2D eigenvalue weighted by Gasteiger charge is 2.12. The molecule has 84 valence electrons. The molecule has 0 aromatic carbocycles. The lowest BCUT2D eigenvalue weighted by atomic mass is 10.1. The summed E-state index contributed by atoms with van der Waals surface area (Å²) >= 11 is 1.77. The zero-order valence-corrected chi connectivity index (χ0v) is 10.5. The van der Waals surface area contributed by atoms with Crippen molar-refractivity contribution in [2.75, 3.05) is 6.54 Å². The Labute approximate surface area is 94.9 Å². The Morgan fingerprint density at radius 2 is 2.20 bits per heavy atom. The van der Waals surface area contributed by atoms with Gasteiger partial charge in [0.1, 0.15) is 0 Å². The van der Waals surface area contributed by atoms with Crippen LogP contribution in [-0.4, -0.2) is 12.6 Å². The first-order valence-electron chi connectivity index (χ1n) is 5.16. The van der Waals surface area contributed by atoms with Gasteiger partial charge in [-0.2, -0.15) is 0 Å². The van der Waals surface area contributed by atoms with Gasteiger partial charge >= 0.3 is 6.03 Å². The Morgan fingerprint density at radius 1 is 1.53 bits per heavy atom.